The highest BCUT2D eigenvalue weighted by Crippen LogP contribution is 2.25. The topological polar surface area (TPSA) is 60.2 Å². The molecule has 0 unspecified atom stereocenters. The molecule has 3 rings (SSSR count). The second-order valence-corrected chi connectivity index (χ2v) is 6.79. The number of benzene rings is 2. The van der Waals surface area contributed by atoms with E-state index in [1.54, 1.807) is 18.7 Å². The van der Waals surface area contributed by atoms with Crippen LogP contribution in [-0.4, -0.2) is 46.7 Å². The van der Waals surface area contributed by atoms with E-state index in [1.807, 2.05) is 50.5 Å². The molecule has 0 spiro atoms. The fourth-order valence-corrected chi connectivity index (χ4v) is 2.91. The molecule has 0 bridgehead atoms. The summed E-state index contributed by atoms with van der Waals surface area (Å²) in [4.78, 5) is 18.6. The molecule has 1 aromatic heterocycles. The number of carbonyl (C=O) groups excluding carboxylic acids is 1. The highest BCUT2D eigenvalue weighted by Gasteiger charge is 2.15. The van der Waals surface area contributed by atoms with E-state index < -0.39 is 0 Å². The van der Waals surface area contributed by atoms with Crippen molar-refractivity contribution < 1.29 is 9.53 Å². The second kappa shape index (κ2) is 8.14. The van der Waals surface area contributed by atoms with Crippen LogP contribution in [0.1, 0.15) is 12.5 Å². The van der Waals surface area contributed by atoms with Crippen LogP contribution in [0.5, 0.6) is 5.75 Å². The number of ether oxygens (including phenoxy) is 1. The largest absolute Gasteiger partial charge is 0.497 e. The molecule has 0 aliphatic heterocycles. The van der Waals surface area contributed by atoms with Gasteiger partial charge in [-0.1, -0.05) is 18.2 Å². The SMILES string of the molecule is COc1ccc(-c2nc(-c3cccc(CN(C)C)c3)n(CC(C)=O)n2)cc1. The summed E-state index contributed by atoms with van der Waals surface area (Å²) in [7, 11) is 5.70. The van der Waals surface area contributed by atoms with Crippen LogP contribution in [0, 0.1) is 0 Å². The molecule has 3 aromatic rings. The normalized spacial score (nSPS) is 11.0. The molecule has 2 aromatic carbocycles. The van der Waals surface area contributed by atoms with E-state index in [4.69, 9.17) is 9.72 Å². The lowest BCUT2D eigenvalue weighted by molar-refractivity contribution is -0.117. The van der Waals surface area contributed by atoms with Crippen molar-refractivity contribution in [1.29, 1.82) is 0 Å². The minimum Gasteiger partial charge on any atom is -0.497 e. The van der Waals surface area contributed by atoms with Crippen LogP contribution in [0.15, 0.2) is 48.5 Å². The number of Topliss-reactive ketones (excluding diaryl/α,β-unsaturated/α-hetero) is 1. The van der Waals surface area contributed by atoms with Crippen molar-refractivity contribution in [1.82, 2.24) is 19.7 Å². The van der Waals surface area contributed by atoms with Crippen LogP contribution >= 0.6 is 0 Å². The molecule has 0 N–H and O–H groups in total. The lowest BCUT2D eigenvalue weighted by atomic mass is 10.1. The standard InChI is InChI=1S/C21H24N4O2/c1-15(26)13-25-21(18-7-5-6-16(12-18)14-24(2)3)22-20(23-25)17-8-10-19(27-4)11-9-17/h5-12H,13-14H2,1-4H3. The Morgan fingerprint density at radius 3 is 2.48 bits per heavy atom. The number of hydrogen-bond acceptors (Lipinski definition) is 5. The summed E-state index contributed by atoms with van der Waals surface area (Å²) in [5.41, 5.74) is 3.01. The Morgan fingerprint density at radius 1 is 1.11 bits per heavy atom. The average molecular weight is 364 g/mol. The van der Waals surface area contributed by atoms with Gasteiger partial charge in [-0.25, -0.2) is 9.67 Å². The number of nitrogens with zero attached hydrogens (tertiary/aromatic N) is 4. The summed E-state index contributed by atoms with van der Waals surface area (Å²) < 4.78 is 6.88. The van der Waals surface area contributed by atoms with E-state index in [0.29, 0.717) is 11.6 Å². The van der Waals surface area contributed by atoms with Gasteiger partial charge in [0.1, 0.15) is 12.3 Å². The lowest BCUT2D eigenvalue weighted by Gasteiger charge is -2.11. The van der Waals surface area contributed by atoms with E-state index in [-0.39, 0.29) is 12.3 Å². The summed E-state index contributed by atoms with van der Waals surface area (Å²) in [5, 5.41) is 4.58. The van der Waals surface area contributed by atoms with Crippen molar-refractivity contribution in [3.05, 3.63) is 54.1 Å². The zero-order chi connectivity index (χ0) is 19.4. The molecule has 0 atom stereocenters. The summed E-state index contributed by atoms with van der Waals surface area (Å²) in [5.74, 6) is 2.09. The van der Waals surface area contributed by atoms with Gasteiger partial charge in [-0.3, -0.25) is 4.79 Å². The summed E-state index contributed by atoms with van der Waals surface area (Å²) >= 11 is 0. The first-order chi connectivity index (χ1) is 13.0. The molecular formula is C21H24N4O2. The maximum atomic E-state index is 11.7. The molecule has 0 saturated heterocycles. The van der Waals surface area contributed by atoms with E-state index in [2.05, 4.69) is 22.1 Å². The summed E-state index contributed by atoms with van der Waals surface area (Å²) in [6, 6.07) is 15.8. The number of ketones is 1. The first kappa shape index (κ1) is 18.8. The first-order valence-electron chi connectivity index (χ1n) is 8.79. The highest BCUT2D eigenvalue weighted by atomic mass is 16.5. The van der Waals surface area contributed by atoms with Crippen LogP contribution in [0.4, 0.5) is 0 Å². The van der Waals surface area contributed by atoms with Crippen molar-refractivity contribution in [3.63, 3.8) is 0 Å². The zero-order valence-corrected chi connectivity index (χ0v) is 16.1. The molecule has 1 heterocycles. The van der Waals surface area contributed by atoms with Crippen LogP contribution in [0.25, 0.3) is 22.8 Å². The van der Waals surface area contributed by atoms with Gasteiger partial charge in [0, 0.05) is 17.7 Å². The van der Waals surface area contributed by atoms with Crippen molar-refractivity contribution in [2.45, 2.75) is 20.0 Å². The number of methoxy groups -OCH3 is 1. The smallest absolute Gasteiger partial charge is 0.181 e. The van der Waals surface area contributed by atoms with Crippen molar-refractivity contribution >= 4 is 5.78 Å². The van der Waals surface area contributed by atoms with Gasteiger partial charge in [-0.2, -0.15) is 0 Å². The minimum atomic E-state index is 0.0341. The van der Waals surface area contributed by atoms with Gasteiger partial charge < -0.3 is 9.64 Å². The Labute approximate surface area is 159 Å². The van der Waals surface area contributed by atoms with Gasteiger partial charge >= 0.3 is 0 Å². The zero-order valence-electron chi connectivity index (χ0n) is 16.1. The predicted molar refractivity (Wildman–Crippen MR) is 106 cm³/mol. The van der Waals surface area contributed by atoms with Gasteiger partial charge in [0.2, 0.25) is 0 Å². The fraction of sp³-hybridized carbons (Fsp3) is 0.286. The van der Waals surface area contributed by atoms with Gasteiger partial charge in [0.25, 0.3) is 0 Å². The molecular weight excluding hydrogens is 340 g/mol. The first-order valence-corrected chi connectivity index (χ1v) is 8.79. The van der Waals surface area contributed by atoms with Crippen molar-refractivity contribution in [2.75, 3.05) is 21.2 Å². The van der Waals surface area contributed by atoms with E-state index >= 15 is 0 Å². The monoisotopic (exact) mass is 364 g/mol. The van der Waals surface area contributed by atoms with E-state index in [1.165, 1.54) is 5.56 Å². The molecule has 6 nitrogen and oxygen atoms in total. The Morgan fingerprint density at radius 2 is 1.85 bits per heavy atom. The van der Waals surface area contributed by atoms with Gasteiger partial charge in [0.15, 0.2) is 17.4 Å². The molecule has 0 aliphatic carbocycles. The van der Waals surface area contributed by atoms with Crippen LogP contribution < -0.4 is 4.74 Å². The highest BCUT2D eigenvalue weighted by molar-refractivity contribution is 5.76. The van der Waals surface area contributed by atoms with Gasteiger partial charge in [-0.15, -0.1) is 5.10 Å². The predicted octanol–water partition coefficient (Wildman–Crippen LogP) is 3.27. The maximum Gasteiger partial charge on any atom is 0.181 e. The molecule has 27 heavy (non-hydrogen) atoms. The number of aromatic nitrogens is 3. The molecule has 0 fully saturated rings. The van der Waals surface area contributed by atoms with E-state index in [0.717, 1.165) is 23.4 Å². The number of rotatable bonds is 7. The lowest BCUT2D eigenvalue weighted by Crippen LogP contribution is -2.11. The summed E-state index contributed by atoms with van der Waals surface area (Å²) in [6.45, 7) is 2.58. The molecule has 140 valence electrons. The Hall–Kier alpha value is -2.99. The van der Waals surface area contributed by atoms with Crippen LogP contribution in [0.2, 0.25) is 0 Å². The summed E-state index contributed by atoms with van der Waals surface area (Å²) in [6.07, 6.45) is 0. The molecule has 0 radical (unpaired) electrons. The fourth-order valence-electron chi connectivity index (χ4n) is 2.91. The quantitative estimate of drug-likeness (QED) is 0.644. The van der Waals surface area contributed by atoms with Crippen LogP contribution in [-0.2, 0) is 17.9 Å². The number of carbonyl (C=O) groups is 1. The number of hydrogen-bond donors (Lipinski definition) is 0. The van der Waals surface area contributed by atoms with Crippen LogP contribution in [0.3, 0.4) is 0 Å². The Kier molecular flexibility index (Phi) is 5.66. The molecule has 0 amide bonds. The third-order valence-electron chi connectivity index (χ3n) is 4.08. The van der Waals surface area contributed by atoms with E-state index in [9.17, 15) is 4.79 Å². The molecule has 6 heteroatoms. The second-order valence-electron chi connectivity index (χ2n) is 6.79. The van der Waals surface area contributed by atoms with Crippen molar-refractivity contribution in [2.24, 2.45) is 0 Å². The third kappa shape index (κ3) is 4.60. The van der Waals surface area contributed by atoms with Gasteiger partial charge in [-0.05, 0) is 56.9 Å². The Balaban J connectivity index is 2.02. The molecule has 0 aliphatic rings. The maximum absolute atomic E-state index is 11.7. The Bertz CT molecular complexity index is 930. The molecule has 0 saturated carbocycles. The third-order valence-corrected chi connectivity index (χ3v) is 4.08. The average Bonchev–Trinajstić information content (AvgIpc) is 3.04. The van der Waals surface area contributed by atoms with Crippen molar-refractivity contribution in [3.8, 4) is 28.5 Å². The van der Waals surface area contributed by atoms with Gasteiger partial charge in [0.05, 0.1) is 7.11 Å². The minimum absolute atomic E-state index is 0.0341.